The lowest BCUT2D eigenvalue weighted by molar-refractivity contribution is -0.0478. The Hall–Kier alpha value is 0.0200. The molecule has 0 radical (unpaired) electrons. The fraction of sp³-hybridized carbons (Fsp3) is 1.00. The summed E-state index contributed by atoms with van der Waals surface area (Å²) in [6.45, 7) is 0. The van der Waals surface area contributed by atoms with Gasteiger partial charge in [-0.1, -0.05) is 3.89 Å². The molecule has 0 amide bonds. The van der Waals surface area contributed by atoms with E-state index in [-0.39, 0.29) is 13.5 Å². The molecule has 0 N–H and O–H groups in total. The average Bonchev–Trinajstić information content (AvgIpc) is 1.25. The Balaban J connectivity index is 0. The highest BCUT2D eigenvalue weighted by molar-refractivity contribution is 7.87. The van der Waals surface area contributed by atoms with E-state index in [1.54, 1.807) is 0 Å². The molecule has 0 unspecified atom stereocenters. The van der Waals surface area contributed by atoms with E-state index in [9.17, 15) is 17.1 Å². The van der Waals surface area contributed by atoms with Crippen LogP contribution in [-0.4, -0.2) is 13.9 Å². The summed E-state index contributed by atoms with van der Waals surface area (Å²) < 4.78 is 60.3. The molecule has 0 aromatic carbocycles. The van der Waals surface area contributed by atoms with Crippen LogP contribution < -0.4 is 0 Å². The highest BCUT2D eigenvalue weighted by atomic mass is 32.3. The van der Waals surface area contributed by atoms with Crippen molar-refractivity contribution < 1.29 is 25.5 Å². The number of rotatable bonds is 0. The molecule has 8 heteroatoms. The summed E-state index contributed by atoms with van der Waals surface area (Å²) in [5.41, 5.74) is -5.76. The van der Waals surface area contributed by atoms with Gasteiger partial charge in [0.1, 0.15) is 0 Å². The van der Waals surface area contributed by atoms with E-state index >= 15 is 0 Å². The first-order valence-corrected chi connectivity index (χ1v) is 2.64. The summed E-state index contributed by atoms with van der Waals surface area (Å²) in [4.78, 5) is 0. The predicted molar refractivity (Wildman–Crippen MR) is 26.5 cm³/mol. The number of hydrogen-bond donors (Lipinski definition) is 0. The van der Waals surface area contributed by atoms with Gasteiger partial charge < -0.3 is 0 Å². The molecule has 0 rings (SSSR count). The molecule has 0 aliphatic heterocycles. The molecular weight excluding hydrogens is 184 g/mol. The van der Waals surface area contributed by atoms with Crippen molar-refractivity contribution in [2.24, 2.45) is 0 Å². The molecule has 0 aromatic heterocycles. The Bertz CT molecular complexity index is 165. The van der Waals surface area contributed by atoms with Crippen LogP contribution in [0.15, 0.2) is 0 Å². The Morgan fingerprint density at radius 2 is 1.22 bits per heavy atom. The van der Waals surface area contributed by atoms with E-state index in [4.69, 9.17) is 8.42 Å². The molecule has 0 heterocycles. The topological polar surface area (TPSA) is 34.1 Å². The summed E-state index contributed by atoms with van der Waals surface area (Å²) in [6.07, 6.45) is 0. The Morgan fingerprint density at radius 1 is 1.11 bits per heavy atom. The quantitative estimate of drug-likeness (QED) is 0.416. The number of halogens is 4. The molecular formula is CH2F4O2S2. The maximum absolute atomic E-state index is 10.7. The third kappa shape index (κ3) is 3.57. The van der Waals surface area contributed by atoms with Crippen LogP contribution in [0.1, 0.15) is 0 Å². The molecule has 0 saturated carbocycles. The van der Waals surface area contributed by atoms with Gasteiger partial charge in [-0.05, 0) is 0 Å². The van der Waals surface area contributed by atoms with E-state index in [1.807, 2.05) is 0 Å². The van der Waals surface area contributed by atoms with Gasteiger partial charge >= 0.3 is 15.7 Å². The first-order chi connectivity index (χ1) is 3.25. The van der Waals surface area contributed by atoms with Crippen LogP contribution in [0.2, 0.25) is 0 Å². The summed E-state index contributed by atoms with van der Waals surface area (Å²) in [5.74, 6) is 0. The molecule has 0 saturated heterocycles. The summed E-state index contributed by atoms with van der Waals surface area (Å²) in [5, 5.41) is 0. The minimum Gasteiger partial charge on any atom is -0.197 e. The second-order valence-corrected chi connectivity index (χ2v) is 2.22. The van der Waals surface area contributed by atoms with E-state index < -0.39 is 15.7 Å². The van der Waals surface area contributed by atoms with Crippen LogP contribution in [0.5, 0.6) is 0 Å². The van der Waals surface area contributed by atoms with Crippen LogP contribution in [-0.2, 0) is 10.2 Å². The molecule has 0 atom stereocenters. The van der Waals surface area contributed by atoms with Crippen LogP contribution in [0, 0.1) is 0 Å². The lowest BCUT2D eigenvalue weighted by atomic mass is 11.6. The molecule has 0 aromatic rings. The van der Waals surface area contributed by atoms with Crippen molar-refractivity contribution in [3.63, 3.8) is 0 Å². The number of hydrogen-bond acceptors (Lipinski definition) is 2. The molecule has 0 aliphatic carbocycles. The van der Waals surface area contributed by atoms with Crippen LogP contribution in [0.25, 0.3) is 0 Å². The minimum absolute atomic E-state index is 0. The zero-order valence-electron chi connectivity index (χ0n) is 3.74. The van der Waals surface area contributed by atoms with Gasteiger partial charge in [-0.2, -0.15) is 35.1 Å². The van der Waals surface area contributed by atoms with Crippen molar-refractivity contribution in [1.82, 2.24) is 0 Å². The van der Waals surface area contributed by atoms with Crippen molar-refractivity contribution in [1.29, 1.82) is 0 Å². The molecule has 0 fully saturated rings. The average molecular weight is 186 g/mol. The number of alkyl halides is 3. The van der Waals surface area contributed by atoms with Crippen molar-refractivity contribution in [2.45, 2.75) is 5.51 Å². The Kier molecular flexibility index (Phi) is 3.58. The van der Waals surface area contributed by atoms with E-state index in [1.165, 1.54) is 0 Å². The first-order valence-electron chi connectivity index (χ1n) is 1.26. The molecule has 0 spiro atoms. The van der Waals surface area contributed by atoms with Gasteiger partial charge in [-0.15, -0.1) is 0 Å². The molecule has 9 heavy (non-hydrogen) atoms. The standard InChI is InChI=1S/CF4O2S.H2S/c2-1(3,4)8(5,6)7;/h;1H2. The Labute approximate surface area is 55.5 Å². The monoisotopic (exact) mass is 186 g/mol. The van der Waals surface area contributed by atoms with Crippen molar-refractivity contribution in [3.05, 3.63) is 0 Å². The third-order valence-electron chi connectivity index (χ3n) is 0.276. The van der Waals surface area contributed by atoms with Crippen molar-refractivity contribution >= 4 is 23.7 Å². The zero-order valence-corrected chi connectivity index (χ0v) is 5.55. The second kappa shape index (κ2) is 2.74. The second-order valence-electron chi connectivity index (χ2n) is 0.884. The van der Waals surface area contributed by atoms with Gasteiger partial charge in [-0.25, -0.2) is 0 Å². The smallest absolute Gasteiger partial charge is 0.197 e. The fourth-order valence-electron chi connectivity index (χ4n) is 0. The van der Waals surface area contributed by atoms with E-state index in [0.717, 1.165) is 0 Å². The maximum atomic E-state index is 10.7. The van der Waals surface area contributed by atoms with Crippen molar-refractivity contribution in [3.8, 4) is 0 Å². The Morgan fingerprint density at radius 3 is 1.22 bits per heavy atom. The predicted octanol–water partition coefficient (Wildman–Crippen LogP) is 0.918. The zero-order chi connectivity index (χ0) is 7.00. The molecule has 58 valence electrons. The van der Waals surface area contributed by atoms with Crippen LogP contribution >= 0.6 is 13.5 Å². The minimum atomic E-state index is -6.34. The van der Waals surface area contributed by atoms with Crippen LogP contribution in [0.4, 0.5) is 17.1 Å². The molecule has 0 aliphatic rings. The molecule has 2 nitrogen and oxygen atoms in total. The van der Waals surface area contributed by atoms with Gasteiger partial charge in [0.2, 0.25) is 0 Å². The van der Waals surface area contributed by atoms with Gasteiger partial charge in [0.25, 0.3) is 0 Å². The van der Waals surface area contributed by atoms with Gasteiger partial charge in [0.05, 0.1) is 0 Å². The van der Waals surface area contributed by atoms with Crippen LogP contribution in [0.3, 0.4) is 0 Å². The lowest BCUT2D eigenvalue weighted by Gasteiger charge is -1.95. The third-order valence-corrected chi connectivity index (χ3v) is 0.829. The van der Waals surface area contributed by atoms with E-state index in [0.29, 0.717) is 0 Å². The highest BCUT2D eigenvalue weighted by Crippen LogP contribution is 2.23. The van der Waals surface area contributed by atoms with Crippen molar-refractivity contribution in [2.75, 3.05) is 0 Å². The fourth-order valence-corrected chi connectivity index (χ4v) is 0. The first kappa shape index (κ1) is 11.8. The lowest BCUT2D eigenvalue weighted by Crippen LogP contribution is -2.17. The maximum Gasteiger partial charge on any atom is 0.527 e. The normalized spacial score (nSPS) is 12.4. The largest absolute Gasteiger partial charge is 0.527 e. The highest BCUT2D eigenvalue weighted by Gasteiger charge is 2.46. The summed E-state index contributed by atoms with van der Waals surface area (Å²) in [6, 6.07) is 0. The summed E-state index contributed by atoms with van der Waals surface area (Å²) >= 11 is 0. The van der Waals surface area contributed by atoms with E-state index in [2.05, 4.69) is 0 Å². The SMILES string of the molecule is O=S(=O)(F)C(F)(F)F.S. The van der Waals surface area contributed by atoms with Gasteiger partial charge in [0.15, 0.2) is 0 Å². The van der Waals surface area contributed by atoms with Gasteiger partial charge in [0, 0.05) is 0 Å². The van der Waals surface area contributed by atoms with Gasteiger partial charge in [-0.3, -0.25) is 0 Å². The molecule has 0 bridgehead atoms. The summed E-state index contributed by atoms with van der Waals surface area (Å²) in [7, 11) is -6.34.